The lowest BCUT2D eigenvalue weighted by Crippen LogP contribution is -2.14. The van der Waals surface area contributed by atoms with Crippen LogP contribution in [0.3, 0.4) is 0 Å². The lowest BCUT2D eigenvalue weighted by molar-refractivity contribution is 0.0427. The van der Waals surface area contributed by atoms with Gasteiger partial charge in [0.05, 0.1) is 0 Å². The number of nitrogens with zero attached hydrogens (tertiary/aromatic N) is 2. The second kappa shape index (κ2) is 5.36. The van der Waals surface area contributed by atoms with Gasteiger partial charge in [-0.1, -0.05) is 18.2 Å². The molecular weight excluding hydrogens is 244 g/mol. The summed E-state index contributed by atoms with van der Waals surface area (Å²) in [7, 11) is 0. The number of aryl methyl sites for hydroxylation is 1. The van der Waals surface area contributed by atoms with E-state index < -0.39 is 12.1 Å². The maximum atomic E-state index is 11.8. The second-order valence-electron chi connectivity index (χ2n) is 3.97. The van der Waals surface area contributed by atoms with Crippen molar-refractivity contribution in [1.29, 1.82) is 5.26 Å². The van der Waals surface area contributed by atoms with Crippen LogP contribution in [0.4, 0.5) is 0 Å². The average molecular weight is 256 g/mol. The molecule has 0 radical (unpaired) electrons. The molecule has 0 unspecified atom stereocenters. The normalized spacial score (nSPS) is 11.6. The van der Waals surface area contributed by atoms with Crippen molar-refractivity contribution in [3.05, 3.63) is 41.8 Å². The Labute approximate surface area is 110 Å². The van der Waals surface area contributed by atoms with Crippen molar-refractivity contribution >= 4 is 5.97 Å². The van der Waals surface area contributed by atoms with E-state index in [1.165, 1.54) is 6.92 Å². The Hall–Kier alpha value is -2.61. The fourth-order valence-corrected chi connectivity index (χ4v) is 1.53. The van der Waals surface area contributed by atoms with E-state index in [4.69, 9.17) is 14.4 Å². The number of nitriles is 1. The molecule has 0 amide bonds. The van der Waals surface area contributed by atoms with Crippen molar-refractivity contribution in [1.82, 2.24) is 4.98 Å². The third-order valence-corrected chi connectivity index (χ3v) is 2.48. The molecule has 5 nitrogen and oxygen atoms in total. The molecule has 0 N–H and O–H groups in total. The third kappa shape index (κ3) is 2.80. The van der Waals surface area contributed by atoms with Crippen LogP contribution in [0, 0.1) is 18.3 Å². The molecule has 0 aliphatic rings. The van der Waals surface area contributed by atoms with E-state index >= 15 is 0 Å². The van der Waals surface area contributed by atoms with Crippen LogP contribution in [0.2, 0.25) is 0 Å². The fourth-order valence-electron chi connectivity index (χ4n) is 1.53. The van der Waals surface area contributed by atoms with Crippen LogP contribution in [-0.2, 0) is 4.74 Å². The number of hydrogen-bond acceptors (Lipinski definition) is 5. The van der Waals surface area contributed by atoms with Crippen molar-refractivity contribution in [2.24, 2.45) is 0 Å². The molecule has 5 heteroatoms. The highest BCUT2D eigenvalue weighted by Crippen LogP contribution is 2.21. The number of rotatable bonds is 3. The van der Waals surface area contributed by atoms with E-state index in [1.807, 2.05) is 36.4 Å². The Kier molecular flexibility index (Phi) is 3.62. The summed E-state index contributed by atoms with van der Waals surface area (Å²) < 4.78 is 10.3. The number of benzene rings is 1. The lowest BCUT2D eigenvalue weighted by atomic mass is 10.2. The van der Waals surface area contributed by atoms with Crippen LogP contribution >= 0.6 is 0 Å². The smallest absolute Gasteiger partial charge is 0.361 e. The monoisotopic (exact) mass is 256 g/mol. The summed E-state index contributed by atoms with van der Waals surface area (Å²) in [6.07, 6.45) is -0.816. The minimum absolute atomic E-state index is 0.0981. The van der Waals surface area contributed by atoms with E-state index in [1.54, 1.807) is 6.92 Å². The van der Waals surface area contributed by atoms with Gasteiger partial charge in [-0.3, -0.25) is 0 Å². The molecule has 0 fully saturated rings. The van der Waals surface area contributed by atoms with E-state index in [2.05, 4.69) is 4.98 Å². The standard InChI is InChI=1S/C14H12N2O3/c1-9(8-15)18-14(17)12-10(2)19-13(16-12)11-6-4-3-5-7-11/h3-7,9H,1-2H3/t9-/m0/s1. The van der Waals surface area contributed by atoms with Crippen molar-refractivity contribution in [3.63, 3.8) is 0 Å². The summed E-state index contributed by atoms with van der Waals surface area (Å²) in [5.74, 6) is 0.0705. The van der Waals surface area contributed by atoms with Gasteiger partial charge in [-0.15, -0.1) is 0 Å². The Morgan fingerprint density at radius 2 is 2.11 bits per heavy atom. The fraction of sp³-hybridized carbons (Fsp3) is 0.214. The number of aromatic nitrogens is 1. The van der Waals surface area contributed by atoms with E-state index in [-0.39, 0.29) is 5.69 Å². The zero-order chi connectivity index (χ0) is 13.8. The van der Waals surface area contributed by atoms with Gasteiger partial charge in [-0.25, -0.2) is 9.78 Å². The average Bonchev–Trinajstić information content (AvgIpc) is 2.81. The van der Waals surface area contributed by atoms with Crippen molar-refractivity contribution in [3.8, 4) is 17.5 Å². The van der Waals surface area contributed by atoms with Gasteiger partial charge < -0.3 is 9.15 Å². The molecule has 0 saturated heterocycles. The molecule has 0 bridgehead atoms. The lowest BCUT2D eigenvalue weighted by Gasteiger charge is -2.02. The Bertz CT molecular complexity index is 626. The van der Waals surface area contributed by atoms with E-state index in [0.717, 1.165) is 5.56 Å². The minimum atomic E-state index is -0.816. The Morgan fingerprint density at radius 3 is 2.74 bits per heavy atom. The van der Waals surface area contributed by atoms with Crippen LogP contribution in [0.25, 0.3) is 11.5 Å². The molecular formula is C14H12N2O3. The van der Waals surface area contributed by atoms with Crippen molar-refractivity contribution < 1.29 is 13.9 Å². The zero-order valence-electron chi connectivity index (χ0n) is 10.6. The van der Waals surface area contributed by atoms with Crippen LogP contribution in [0.1, 0.15) is 23.2 Å². The molecule has 19 heavy (non-hydrogen) atoms. The number of hydrogen-bond donors (Lipinski definition) is 0. The topological polar surface area (TPSA) is 76.1 Å². The van der Waals surface area contributed by atoms with Gasteiger partial charge in [0.1, 0.15) is 11.8 Å². The predicted octanol–water partition coefficient (Wildman–Crippen LogP) is 2.72. The first-order valence-electron chi connectivity index (χ1n) is 5.75. The molecule has 2 rings (SSSR count). The number of ether oxygens (including phenoxy) is 1. The van der Waals surface area contributed by atoms with Gasteiger partial charge in [0.25, 0.3) is 0 Å². The van der Waals surface area contributed by atoms with Crippen molar-refractivity contribution in [2.45, 2.75) is 20.0 Å². The maximum Gasteiger partial charge on any atom is 0.361 e. The summed E-state index contributed by atoms with van der Waals surface area (Å²) in [6, 6.07) is 11.1. The summed E-state index contributed by atoms with van der Waals surface area (Å²) in [5, 5.41) is 8.61. The predicted molar refractivity (Wildman–Crippen MR) is 67.2 cm³/mol. The minimum Gasteiger partial charge on any atom is -0.442 e. The first kappa shape index (κ1) is 12.8. The van der Waals surface area contributed by atoms with Crippen molar-refractivity contribution in [2.75, 3.05) is 0 Å². The molecule has 1 aromatic carbocycles. The van der Waals surface area contributed by atoms with Crippen LogP contribution < -0.4 is 0 Å². The van der Waals surface area contributed by atoms with Gasteiger partial charge in [0, 0.05) is 5.56 Å². The zero-order valence-corrected chi connectivity index (χ0v) is 10.6. The molecule has 0 spiro atoms. The Balaban J connectivity index is 2.27. The van der Waals surface area contributed by atoms with E-state index in [0.29, 0.717) is 11.7 Å². The summed E-state index contributed by atoms with van der Waals surface area (Å²) in [5.41, 5.74) is 0.874. The molecule has 0 saturated carbocycles. The third-order valence-electron chi connectivity index (χ3n) is 2.48. The van der Waals surface area contributed by atoms with Gasteiger partial charge in [0.2, 0.25) is 5.89 Å². The van der Waals surface area contributed by atoms with Gasteiger partial charge in [-0.2, -0.15) is 5.26 Å². The molecule has 1 atom stereocenters. The molecule has 96 valence electrons. The maximum absolute atomic E-state index is 11.8. The summed E-state index contributed by atoms with van der Waals surface area (Å²) in [6.45, 7) is 3.12. The molecule has 2 aromatic rings. The van der Waals surface area contributed by atoms with Gasteiger partial charge in [-0.05, 0) is 26.0 Å². The highest BCUT2D eigenvalue weighted by Gasteiger charge is 2.21. The van der Waals surface area contributed by atoms with Gasteiger partial charge >= 0.3 is 5.97 Å². The highest BCUT2D eigenvalue weighted by atomic mass is 16.5. The first-order chi connectivity index (χ1) is 9.11. The first-order valence-corrected chi connectivity index (χ1v) is 5.75. The molecule has 1 heterocycles. The number of oxazole rings is 1. The van der Waals surface area contributed by atoms with Crippen LogP contribution in [0.5, 0.6) is 0 Å². The van der Waals surface area contributed by atoms with Crippen LogP contribution in [0.15, 0.2) is 34.7 Å². The second-order valence-corrected chi connectivity index (χ2v) is 3.97. The SMILES string of the molecule is Cc1oc(-c2ccccc2)nc1C(=O)O[C@@H](C)C#N. The van der Waals surface area contributed by atoms with E-state index in [9.17, 15) is 4.79 Å². The quantitative estimate of drug-likeness (QED) is 0.789. The summed E-state index contributed by atoms with van der Waals surface area (Å²) >= 11 is 0. The number of carbonyl (C=O) groups excluding carboxylic acids is 1. The number of esters is 1. The summed E-state index contributed by atoms with van der Waals surface area (Å²) in [4.78, 5) is 15.9. The van der Waals surface area contributed by atoms with Gasteiger partial charge in [0.15, 0.2) is 11.8 Å². The Morgan fingerprint density at radius 1 is 1.42 bits per heavy atom. The molecule has 0 aliphatic heterocycles. The largest absolute Gasteiger partial charge is 0.442 e. The highest BCUT2D eigenvalue weighted by molar-refractivity contribution is 5.89. The molecule has 0 aliphatic carbocycles. The van der Waals surface area contributed by atoms with Crippen LogP contribution in [-0.4, -0.2) is 17.1 Å². The number of carbonyl (C=O) groups is 1. The molecule has 1 aromatic heterocycles.